The van der Waals surface area contributed by atoms with Crippen molar-refractivity contribution in [2.24, 2.45) is 0 Å². The summed E-state index contributed by atoms with van der Waals surface area (Å²) in [4.78, 5) is 11.9. The fourth-order valence-corrected chi connectivity index (χ4v) is 3.36. The zero-order valence-electron chi connectivity index (χ0n) is 12.1. The number of sulfone groups is 1. The van der Waals surface area contributed by atoms with Gasteiger partial charge in [0.1, 0.15) is 5.75 Å². The van der Waals surface area contributed by atoms with Crippen LogP contribution in [-0.2, 0) is 21.1 Å². The van der Waals surface area contributed by atoms with Crippen molar-refractivity contribution in [3.8, 4) is 0 Å². The molecule has 4 nitrogen and oxygen atoms in total. The Balaban J connectivity index is 1.86. The van der Waals surface area contributed by atoms with Crippen LogP contribution in [0.4, 0.5) is 0 Å². The molecule has 0 aromatic heterocycles. The molecule has 1 N–H and O–H groups in total. The molecule has 0 aliphatic rings. The summed E-state index contributed by atoms with van der Waals surface area (Å²) in [6.45, 7) is 0.358. The molecule has 0 radical (unpaired) electrons. The van der Waals surface area contributed by atoms with E-state index >= 15 is 0 Å². The third-order valence-corrected chi connectivity index (χ3v) is 5.28. The Bertz CT molecular complexity index is 772. The van der Waals surface area contributed by atoms with Gasteiger partial charge in [-0.05, 0) is 48.4 Å². The Morgan fingerprint density at radius 1 is 0.913 bits per heavy atom. The predicted molar refractivity (Wildman–Crippen MR) is 91.7 cm³/mol. The Hall–Kier alpha value is -1.56. The van der Waals surface area contributed by atoms with Crippen LogP contribution in [0.2, 0.25) is 10.0 Å². The quantitative estimate of drug-likeness (QED) is 0.848. The maximum absolute atomic E-state index is 12.1. The lowest BCUT2D eigenvalue weighted by Crippen LogP contribution is -2.31. The third-order valence-electron chi connectivity index (χ3n) is 3.14. The molecule has 1 amide bonds. The van der Waals surface area contributed by atoms with E-state index in [9.17, 15) is 13.2 Å². The van der Waals surface area contributed by atoms with Crippen LogP contribution in [0.15, 0.2) is 53.4 Å². The first-order chi connectivity index (χ1) is 10.9. The van der Waals surface area contributed by atoms with E-state index in [1.807, 2.05) is 12.1 Å². The van der Waals surface area contributed by atoms with Crippen molar-refractivity contribution in [3.05, 3.63) is 64.1 Å². The highest BCUT2D eigenvalue weighted by atomic mass is 35.5. The molecule has 0 fully saturated rings. The molecule has 2 aromatic rings. The molecule has 122 valence electrons. The number of rotatable bonds is 6. The Labute approximate surface area is 145 Å². The van der Waals surface area contributed by atoms with Crippen LogP contribution >= 0.6 is 23.2 Å². The van der Waals surface area contributed by atoms with E-state index in [1.54, 1.807) is 12.1 Å². The van der Waals surface area contributed by atoms with E-state index in [-0.39, 0.29) is 4.90 Å². The second-order valence-electron chi connectivity index (χ2n) is 4.94. The second-order valence-corrected chi connectivity index (χ2v) is 7.80. The van der Waals surface area contributed by atoms with Crippen molar-refractivity contribution >= 4 is 38.9 Å². The Morgan fingerprint density at radius 2 is 1.43 bits per heavy atom. The van der Waals surface area contributed by atoms with Gasteiger partial charge < -0.3 is 5.32 Å². The molecule has 2 rings (SSSR count). The summed E-state index contributed by atoms with van der Waals surface area (Å²) in [7, 11) is -3.67. The lowest BCUT2D eigenvalue weighted by molar-refractivity contribution is -0.118. The minimum atomic E-state index is -3.67. The first-order valence-electron chi connectivity index (χ1n) is 6.86. The lowest BCUT2D eigenvalue weighted by Gasteiger charge is -2.07. The molecule has 7 heteroatoms. The fourth-order valence-electron chi connectivity index (χ4n) is 1.95. The van der Waals surface area contributed by atoms with Gasteiger partial charge in [-0.25, -0.2) is 8.42 Å². The van der Waals surface area contributed by atoms with Crippen LogP contribution in [-0.4, -0.2) is 26.6 Å². The fraction of sp³-hybridized carbons (Fsp3) is 0.188. The van der Waals surface area contributed by atoms with Gasteiger partial charge in [-0.2, -0.15) is 0 Å². The highest BCUT2D eigenvalue weighted by Gasteiger charge is 2.18. The molecule has 0 atom stereocenters. The smallest absolute Gasteiger partial charge is 0.235 e. The van der Waals surface area contributed by atoms with Crippen LogP contribution in [0.5, 0.6) is 0 Å². The monoisotopic (exact) mass is 371 g/mol. The third kappa shape index (κ3) is 5.53. The number of amides is 1. The van der Waals surface area contributed by atoms with Gasteiger partial charge in [0.2, 0.25) is 5.91 Å². The van der Waals surface area contributed by atoms with Crippen LogP contribution in [0.3, 0.4) is 0 Å². The van der Waals surface area contributed by atoms with Crippen molar-refractivity contribution in [2.75, 3.05) is 12.3 Å². The zero-order chi connectivity index (χ0) is 16.9. The van der Waals surface area contributed by atoms with E-state index in [4.69, 9.17) is 23.2 Å². The molecule has 0 aliphatic heterocycles. The maximum Gasteiger partial charge on any atom is 0.235 e. The summed E-state index contributed by atoms with van der Waals surface area (Å²) < 4.78 is 24.2. The normalized spacial score (nSPS) is 11.2. The van der Waals surface area contributed by atoms with E-state index in [1.165, 1.54) is 24.3 Å². The number of hydrogen-bond donors (Lipinski definition) is 1. The number of carbonyl (C=O) groups is 1. The van der Waals surface area contributed by atoms with Gasteiger partial charge >= 0.3 is 0 Å². The van der Waals surface area contributed by atoms with E-state index in [0.29, 0.717) is 23.0 Å². The van der Waals surface area contributed by atoms with Gasteiger partial charge in [0.25, 0.3) is 0 Å². The van der Waals surface area contributed by atoms with Gasteiger partial charge in [-0.3, -0.25) is 4.79 Å². The molecule has 0 unspecified atom stereocenters. The molecular weight excluding hydrogens is 357 g/mol. The van der Waals surface area contributed by atoms with Gasteiger partial charge in [0, 0.05) is 16.6 Å². The molecule has 0 spiro atoms. The summed E-state index contributed by atoms with van der Waals surface area (Å²) >= 11 is 11.5. The van der Waals surface area contributed by atoms with Gasteiger partial charge in [-0.1, -0.05) is 35.3 Å². The highest BCUT2D eigenvalue weighted by Crippen LogP contribution is 2.15. The molecule has 0 aliphatic carbocycles. The minimum absolute atomic E-state index is 0.0785. The van der Waals surface area contributed by atoms with Gasteiger partial charge in [0.15, 0.2) is 9.84 Å². The zero-order valence-corrected chi connectivity index (χ0v) is 14.5. The second kappa shape index (κ2) is 7.81. The van der Waals surface area contributed by atoms with Crippen molar-refractivity contribution in [1.82, 2.24) is 5.32 Å². The summed E-state index contributed by atoms with van der Waals surface area (Å²) in [5.74, 6) is -1.12. The highest BCUT2D eigenvalue weighted by molar-refractivity contribution is 7.92. The lowest BCUT2D eigenvalue weighted by atomic mass is 10.1. The largest absolute Gasteiger partial charge is 0.355 e. The van der Waals surface area contributed by atoms with Crippen LogP contribution in [0.25, 0.3) is 0 Å². The molecular formula is C16H15Cl2NO3S. The summed E-state index contributed by atoms with van der Waals surface area (Å²) in [6, 6.07) is 13.0. The number of benzene rings is 2. The molecule has 0 heterocycles. The van der Waals surface area contributed by atoms with E-state index < -0.39 is 21.5 Å². The summed E-state index contributed by atoms with van der Waals surface area (Å²) in [5, 5.41) is 3.69. The number of halogens is 2. The maximum atomic E-state index is 12.1. The van der Waals surface area contributed by atoms with Crippen molar-refractivity contribution in [1.29, 1.82) is 0 Å². The SMILES string of the molecule is O=C(CS(=O)(=O)c1ccc(Cl)cc1)NCCc1ccc(Cl)cc1. The molecule has 0 saturated carbocycles. The molecule has 2 aromatic carbocycles. The average Bonchev–Trinajstić information content (AvgIpc) is 2.49. The van der Waals surface area contributed by atoms with Gasteiger partial charge in [0.05, 0.1) is 4.90 Å². The van der Waals surface area contributed by atoms with E-state index in [0.717, 1.165) is 5.56 Å². The van der Waals surface area contributed by atoms with Crippen LogP contribution in [0, 0.1) is 0 Å². The predicted octanol–water partition coefficient (Wildman–Crippen LogP) is 3.13. The summed E-state index contributed by atoms with van der Waals surface area (Å²) in [5.41, 5.74) is 1.01. The average molecular weight is 372 g/mol. The molecule has 23 heavy (non-hydrogen) atoms. The summed E-state index contributed by atoms with van der Waals surface area (Å²) in [6.07, 6.45) is 0.601. The van der Waals surface area contributed by atoms with Crippen molar-refractivity contribution in [2.45, 2.75) is 11.3 Å². The van der Waals surface area contributed by atoms with Crippen LogP contribution < -0.4 is 5.32 Å². The van der Waals surface area contributed by atoms with E-state index in [2.05, 4.69) is 5.32 Å². The number of carbonyl (C=O) groups excluding carboxylic acids is 1. The van der Waals surface area contributed by atoms with Crippen molar-refractivity contribution in [3.63, 3.8) is 0 Å². The molecule has 0 bridgehead atoms. The standard InChI is InChI=1S/C16H15Cl2NO3S/c17-13-3-1-12(2-4-13)9-10-19-16(20)11-23(21,22)15-7-5-14(18)6-8-15/h1-8H,9-11H2,(H,19,20). The first kappa shape index (κ1) is 17.8. The minimum Gasteiger partial charge on any atom is -0.355 e. The topological polar surface area (TPSA) is 63.2 Å². The Morgan fingerprint density at radius 3 is 2.00 bits per heavy atom. The number of nitrogens with one attached hydrogen (secondary N) is 1. The van der Waals surface area contributed by atoms with Crippen molar-refractivity contribution < 1.29 is 13.2 Å². The first-order valence-corrected chi connectivity index (χ1v) is 9.27. The van der Waals surface area contributed by atoms with Crippen LogP contribution in [0.1, 0.15) is 5.56 Å². The van der Waals surface area contributed by atoms with Gasteiger partial charge in [-0.15, -0.1) is 0 Å². The molecule has 0 saturated heterocycles. The Kier molecular flexibility index (Phi) is 6.04. The number of hydrogen-bond acceptors (Lipinski definition) is 3.